The monoisotopic (exact) mass is 606 g/mol. The highest BCUT2D eigenvalue weighted by atomic mass is 35.5. The molecule has 7 rings (SSSR count). The van der Waals surface area contributed by atoms with Crippen molar-refractivity contribution in [1.29, 1.82) is 0 Å². The summed E-state index contributed by atoms with van der Waals surface area (Å²) in [5, 5.41) is 12.4. The molecule has 5 nitrogen and oxygen atoms in total. The minimum atomic E-state index is -0.418. The van der Waals surface area contributed by atoms with E-state index in [0.717, 1.165) is 80.4 Å². The van der Waals surface area contributed by atoms with Crippen LogP contribution in [0.1, 0.15) is 79.8 Å². The molecule has 6 atom stereocenters. The minimum Gasteiger partial charge on any atom is -0.490 e. The second-order valence-corrected chi connectivity index (χ2v) is 15.2. The first kappa shape index (κ1) is 28.6. The zero-order valence-electron chi connectivity index (χ0n) is 24.6. The Balaban J connectivity index is 1.24. The smallest absolute Gasteiger partial charge is 0.261 e. The summed E-state index contributed by atoms with van der Waals surface area (Å²) in [6.45, 7) is 4.55. The van der Waals surface area contributed by atoms with Gasteiger partial charge < -0.3 is 14.7 Å². The summed E-state index contributed by atoms with van der Waals surface area (Å²) in [4.78, 5) is 16.0. The van der Waals surface area contributed by atoms with Crippen molar-refractivity contribution in [2.75, 3.05) is 24.6 Å². The third-order valence-corrected chi connectivity index (χ3v) is 12.2. The molecule has 2 aromatic carbocycles. The molecular formula is C35H43ClN2O3S. The van der Waals surface area contributed by atoms with Crippen LogP contribution in [-0.4, -0.2) is 42.1 Å². The van der Waals surface area contributed by atoms with E-state index in [1.54, 1.807) is 11.9 Å². The number of rotatable bonds is 2. The number of aliphatic hydroxyl groups excluding tert-OH is 1. The fourth-order valence-electron chi connectivity index (χ4n) is 7.80. The first-order valence-electron chi connectivity index (χ1n) is 16.0. The Labute approximate surface area is 259 Å². The number of halogens is 1. The number of aryl methyl sites for hydroxylation is 1. The summed E-state index contributed by atoms with van der Waals surface area (Å²) in [5.41, 5.74) is 4.19. The molecule has 1 amide bonds. The number of hydrogen-bond acceptors (Lipinski definition) is 5. The van der Waals surface area contributed by atoms with E-state index in [9.17, 15) is 9.90 Å². The Kier molecular flexibility index (Phi) is 8.00. The van der Waals surface area contributed by atoms with Crippen molar-refractivity contribution in [2.45, 2.75) is 81.5 Å². The van der Waals surface area contributed by atoms with Crippen molar-refractivity contribution in [3.8, 4) is 5.75 Å². The topological polar surface area (TPSA) is 61.8 Å². The van der Waals surface area contributed by atoms with Gasteiger partial charge in [-0.1, -0.05) is 49.6 Å². The molecule has 2 bridgehead atoms. The third-order valence-electron chi connectivity index (χ3n) is 10.7. The zero-order valence-corrected chi connectivity index (χ0v) is 26.1. The van der Waals surface area contributed by atoms with Crippen molar-refractivity contribution in [3.05, 3.63) is 70.3 Å². The van der Waals surface area contributed by atoms with Gasteiger partial charge in [-0.05, 0) is 122 Å². The quantitative estimate of drug-likeness (QED) is 0.277. The second-order valence-electron chi connectivity index (χ2n) is 13.7. The molecule has 2 fully saturated rings. The van der Waals surface area contributed by atoms with E-state index in [4.69, 9.17) is 16.3 Å². The van der Waals surface area contributed by atoms with E-state index in [1.165, 1.54) is 24.0 Å². The number of allylic oxidation sites excluding steroid dienone is 1. The first-order valence-corrected chi connectivity index (χ1v) is 17.3. The maximum atomic E-state index is 13.5. The van der Waals surface area contributed by atoms with Crippen LogP contribution < -0.4 is 14.4 Å². The molecule has 0 unspecified atom stereocenters. The summed E-state index contributed by atoms with van der Waals surface area (Å²) in [7, 11) is 0. The number of ether oxygens (including phenoxy) is 1. The SMILES string of the molecule is C[C@H]1C/C=C\[C@H](O)[C@@H]2CC[C@H]2CN2C[C@@]3(CCCc4cc(Cl)ccc43)COc3ccc(cc32)C(=O)NS[C@H]1CC1CC1. The molecule has 2 aromatic rings. The molecule has 1 spiro atoms. The molecule has 0 saturated heterocycles. The summed E-state index contributed by atoms with van der Waals surface area (Å²) >= 11 is 8.02. The van der Waals surface area contributed by atoms with Gasteiger partial charge in [0.15, 0.2) is 0 Å². The molecular weight excluding hydrogens is 564 g/mol. The highest BCUT2D eigenvalue weighted by Gasteiger charge is 2.44. The number of carbonyl (C=O) groups excluding carboxylic acids is 1. The van der Waals surface area contributed by atoms with Gasteiger partial charge in [0.25, 0.3) is 5.91 Å². The van der Waals surface area contributed by atoms with E-state index >= 15 is 0 Å². The Hall–Kier alpha value is -2.15. The van der Waals surface area contributed by atoms with Gasteiger partial charge in [0.05, 0.1) is 18.4 Å². The molecule has 42 heavy (non-hydrogen) atoms. The Bertz CT molecular complexity index is 1360. The van der Waals surface area contributed by atoms with Crippen molar-refractivity contribution in [3.63, 3.8) is 0 Å². The Morgan fingerprint density at radius 3 is 2.86 bits per heavy atom. The maximum absolute atomic E-state index is 13.5. The van der Waals surface area contributed by atoms with Crippen LogP contribution in [0.5, 0.6) is 5.75 Å². The Morgan fingerprint density at radius 1 is 1.17 bits per heavy atom. The summed E-state index contributed by atoms with van der Waals surface area (Å²) in [5.74, 6) is 2.66. The fourth-order valence-corrected chi connectivity index (χ4v) is 9.09. The van der Waals surface area contributed by atoms with Gasteiger partial charge in [-0.25, -0.2) is 0 Å². The van der Waals surface area contributed by atoms with Crippen molar-refractivity contribution in [2.24, 2.45) is 23.7 Å². The van der Waals surface area contributed by atoms with Gasteiger partial charge in [-0.3, -0.25) is 9.52 Å². The predicted octanol–water partition coefficient (Wildman–Crippen LogP) is 7.34. The summed E-state index contributed by atoms with van der Waals surface area (Å²) in [6.07, 6.45) is 13.8. The van der Waals surface area contributed by atoms with E-state index < -0.39 is 6.10 Å². The maximum Gasteiger partial charge on any atom is 0.261 e. The van der Waals surface area contributed by atoms with Crippen LogP contribution in [-0.2, 0) is 11.8 Å². The highest BCUT2D eigenvalue weighted by Crippen LogP contribution is 2.47. The number of fused-ring (bicyclic) bond motifs is 4. The second kappa shape index (κ2) is 11.7. The fraction of sp³-hybridized carbons (Fsp3) is 0.571. The standard InChI is InChI=1S/C35H43ClN2O3S/c1-22-4-2-6-31(39)28-12-9-26(28)19-38-20-35(15-3-5-24-17-27(36)11-13-29(24)35)21-41-32-14-10-25(18-30(32)38)34(40)37-42-33(22)16-23-7-8-23/h2,6,10-11,13-14,17-18,22-23,26,28,31,33,39H,3-5,7-9,12,15-16,19-21H2,1H3,(H,37,40)/b6-2-/t22-,26-,28+,31-,33-,35-/m0/s1. The molecule has 2 N–H and O–H groups in total. The lowest BCUT2D eigenvalue weighted by atomic mass is 9.68. The van der Waals surface area contributed by atoms with E-state index in [2.05, 4.69) is 40.8 Å². The molecule has 5 aliphatic rings. The van der Waals surface area contributed by atoms with Crippen molar-refractivity contribution in [1.82, 2.24) is 4.72 Å². The van der Waals surface area contributed by atoms with E-state index in [1.807, 2.05) is 24.3 Å². The van der Waals surface area contributed by atoms with Gasteiger partial charge >= 0.3 is 0 Å². The van der Waals surface area contributed by atoms with Crippen LogP contribution in [0.3, 0.4) is 0 Å². The van der Waals surface area contributed by atoms with Gasteiger partial charge in [-0.15, -0.1) is 0 Å². The summed E-state index contributed by atoms with van der Waals surface area (Å²) < 4.78 is 9.86. The molecule has 2 aliphatic heterocycles. The van der Waals surface area contributed by atoms with Gasteiger partial charge in [0, 0.05) is 34.3 Å². The molecule has 224 valence electrons. The van der Waals surface area contributed by atoms with Gasteiger partial charge in [0.2, 0.25) is 0 Å². The first-order chi connectivity index (χ1) is 20.4. The van der Waals surface area contributed by atoms with Crippen molar-refractivity contribution < 1.29 is 14.6 Å². The number of anilines is 1. The number of carbonyl (C=O) groups is 1. The molecule has 7 heteroatoms. The van der Waals surface area contributed by atoms with Crippen molar-refractivity contribution >= 4 is 35.1 Å². The van der Waals surface area contributed by atoms with E-state index in [-0.39, 0.29) is 17.2 Å². The Morgan fingerprint density at radius 2 is 2.05 bits per heavy atom. The van der Waals surface area contributed by atoms with Gasteiger partial charge in [0.1, 0.15) is 5.75 Å². The van der Waals surface area contributed by atoms with Crippen LogP contribution in [0, 0.1) is 23.7 Å². The molecule has 0 radical (unpaired) electrons. The number of nitrogens with zero attached hydrogens (tertiary/aromatic N) is 1. The predicted molar refractivity (Wildman–Crippen MR) is 172 cm³/mol. The molecule has 2 heterocycles. The third kappa shape index (κ3) is 5.71. The lowest BCUT2D eigenvalue weighted by Crippen LogP contribution is -2.49. The highest BCUT2D eigenvalue weighted by molar-refractivity contribution is 7.98. The molecule has 2 saturated carbocycles. The van der Waals surface area contributed by atoms with Crippen LogP contribution in [0.4, 0.5) is 5.69 Å². The number of hydrogen-bond donors (Lipinski definition) is 2. The molecule has 3 aliphatic carbocycles. The largest absolute Gasteiger partial charge is 0.490 e. The zero-order chi connectivity index (χ0) is 28.8. The van der Waals surface area contributed by atoms with Gasteiger partial charge in [-0.2, -0.15) is 0 Å². The van der Waals surface area contributed by atoms with E-state index in [0.29, 0.717) is 29.3 Å². The average molecular weight is 607 g/mol. The average Bonchev–Trinajstić information content (AvgIpc) is 3.80. The number of amides is 1. The van der Waals surface area contributed by atoms with Crippen LogP contribution in [0.2, 0.25) is 5.02 Å². The minimum absolute atomic E-state index is 0.0352. The van der Waals surface area contributed by atoms with Crippen LogP contribution in [0.25, 0.3) is 0 Å². The molecule has 0 aromatic heterocycles. The number of benzene rings is 2. The lowest BCUT2D eigenvalue weighted by molar-refractivity contribution is 0.0455. The number of nitrogens with one attached hydrogen (secondary N) is 1. The number of aliphatic hydroxyl groups is 1. The lowest BCUT2D eigenvalue weighted by Gasteiger charge is -2.45. The normalized spacial score (nSPS) is 33.8. The van der Waals surface area contributed by atoms with Crippen LogP contribution >= 0.6 is 23.5 Å². The summed E-state index contributed by atoms with van der Waals surface area (Å²) in [6, 6.07) is 12.3. The van der Waals surface area contributed by atoms with Crippen LogP contribution in [0.15, 0.2) is 48.6 Å².